The minimum absolute atomic E-state index is 0.355. The molecule has 2 rings (SSSR count). The highest BCUT2D eigenvalue weighted by molar-refractivity contribution is 6.33. The smallest absolute Gasteiger partial charge is 0.0718 e. The normalized spacial score (nSPS) is 26.6. The first-order valence-corrected chi connectivity index (χ1v) is 4.75. The first-order valence-electron chi connectivity index (χ1n) is 4.37. The second-order valence-corrected chi connectivity index (χ2v) is 3.84. The Labute approximate surface area is 82.3 Å². The van der Waals surface area contributed by atoms with Crippen molar-refractivity contribution in [3.05, 3.63) is 23.5 Å². The van der Waals surface area contributed by atoms with Gasteiger partial charge in [0.05, 0.1) is 16.9 Å². The zero-order valence-electron chi connectivity index (χ0n) is 7.20. The van der Waals surface area contributed by atoms with E-state index in [0.29, 0.717) is 12.1 Å². The van der Waals surface area contributed by atoms with Crippen molar-refractivity contribution in [3.63, 3.8) is 0 Å². The van der Waals surface area contributed by atoms with Gasteiger partial charge < -0.3 is 11.1 Å². The van der Waals surface area contributed by atoms with E-state index in [2.05, 4.69) is 10.3 Å². The lowest BCUT2D eigenvalue weighted by molar-refractivity contribution is 0.373. The predicted molar refractivity (Wildman–Crippen MR) is 53.9 cm³/mol. The number of anilines is 1. The number of aromatic nitrogens is 1. The molecule has 0 aliphatic heterocycles. The van der Waals surface area contributed by atoms with Crippen LogP contribution in [-0.4, -0.2) is 17.1 Å². The summed E-state index contributed by atoms with van der Waals surface area (Å²) in [5.41, 5.74) is 6.58. The lowest BCUT2D eigenvalue weighted by atomic mass is 9.87. The highest BCUT2D eigenvalue weighted by Crippen LogP contribution is 2.26. The lowest BCUT2D eigenvalue weighted by Gasteiger charge is -2.33. The van der Waals surface area contributed by atoms with Gasteiger partial charge in [-0.3, -0.25) is 4.98 Å². The fourth-order valence-electron chi connectivity index (χ4n) is 1.48. The molecule has 0 radical (unpaired) electrons. The van der Waals surface area contributed by atoms with E-state index >= 15 is 0 Å². The number of halogens is 1. The molecule has 1 heterocycles. The van der Waals surface area contributed by atoms with Crippen molar-refractivity contribution < 1.29 is 0 Å². The largest absolute Gasteiger partial charge is 0.380 e. The molecule has 1 aromatic heterocycles. The third-order valence-corrected chi connectivity index (χ3v) is 2.63. The molecular formula is C9H12ClN3. The highest BCUT2D eigenvalue weighted by atomic mass is 35.5. The molecule has 0 aromatic carbocycles. The maximum atomic E-state index is 5.95. The van der Waals surface area contributed by atoms with E-state index in [4.69, 9.17) is 17.3 Å². The maximum Gasteiger partial charge on any atom is 0.0718 e. The molecule has 0 unspecified atom stereocenters. The molecule has 70 valence electrons. The quantitative estimate of drug-likeness (QED) is 0.758. The van der Waals surface area contributed by atoms with Gasteiger partial charge in [-0.15, -0.1) is 0 Å². The van der Waals surface area contributed by atoms with E-state index in [-0.39, 0.29) is 0 Å². The van der Waals surface area contributed by atoms with Crippen LogP contribution in [0.15, 0.2) is 18.5 Å². The molecule has 1 aliphatic carbocycles. The van der Waals surface area contributed by atoms with E-state index in [1.54, 1.807) is 18.5 Å². The second-order valence-electron chi connectivity index (χ2n) is 3.43. The molecule has 3 nitrogen and oxygen atoms in total. The number of nitrogens with one attached hydrogen (secondary N) is 1. The molecular weight excluding hydrogens is 186 g/mol. The van der Waals surface area contributed by atoms with Crippen LogP contribution in [-0.2, 0) is 0 Å². The first kappa shape index (κ1) is 8.78. The average molecular weight is 198 g/mol. The molecule has 3 N–H and O–H groups in total. The fourth-order valence-corrected chi connectivity index (χ4v) is 1.64. The van der Waals surface area contributed by atoms with Gasteiger partial charge in [-0.05, 0) is 18.9 Å². The van der Waals surface area contributed by atoms with Crippen LogP contribution < -0.4 is 11.1 Å². The van der Waals surface area contributed by atoms with Gasteiger partial charge in [0, 0.05) is 18.3 Å². The summed E-state index contributed by atoms with van der Waals surface area (Å²) < 4.78 is 0. The molecule has 13 heavy (non-hydrogen) atoms. The van der Waals surface area contributed by atoms with Crippen LogP contribution in [0.3, 0.4) is 0 Å². The lowest BCUT2D eigenvalue weighted by Crippen LogP contribution is -2.44. The third kappa shape index (κ3) is 1.92. The molecule has 0 bridgehead atoms. The van der Waals surface area contributed by atoms with Gasteiger partial charge in [-0.2, -0.15) is 0 Å². The Morgan fingerprint density at radius 3 is 2.92 bits per heavy atom. The van der Waals surface area contributed by atoms with Crippen LogP contribution in [0.25, 0.3) is 0 Å². The van der Waals surface area contributed by atoms with E-state index < -0.39 is 0 Å². The molecule has 0 spiro atoms. The highest BCUT2D eigenvalue weighted by Gasteiger charge is 2.25. The van der Waals surface area contributed by atoms with Crippen molar-refractivity contribution in [1.82, 2.24) is 4.98 Å². The van der Waals surface area contributed by atoms with Crippen LogP contribution in [0.2, 0.25) is 5.02 Å². The van der Waals surface area contributed by atoms with Crippen molar-refractivity contribution in [1.29, 1.82) is 0 Å². The van der Waals surface area contributed by atoms with Gasteiger partial charge in [0.1, 0.15) is 0 Å². The Balaban J connectivity index is 1.98. The molecule has 1 aromatic rings. The Morgan fingerprint density at radius 1 is 1.54 bits per heavy atom. The fraction of sp³-hybridized carbons (Fsp3) is 0.444. The molecule has 1 fully saturated rings. The van der Waals surface area contributed by atoms with E-state index in [9.17, 15) is 0 Å². The van der Waals surface area contributed by atoms with Crippen LogP contribution in [0.4, 0.5) is 5.69 Å². The Kier molecular flexibility index (Phi) is 2.38. The third-order valence-electron chi connectivity index (χ3n) is 2.30. The summed E-state index contributed by atoms with van der Waals surface area (Å²) in [6.45, 7) is 0. The van der Waals surface area contributed by atoms with Gasteiger partial charge in [0.25, 0.3) is 0 Å². The van der Waals surface area contributed by atoms with Gasteiger partial charge >= 0.3 is 0 Å². The molecule has 1 saturated carbocycles. The summed E-state index contributed by atoms with van der Waals surface area (Å²) in [5, 5.41) is 4.02. The van der Waals surface area contributed by atoms with Gasteiger partial charge in [-0.25, -0.2) is 0 Å². The summed E-state index contributed by atoms with van der Waals surface area (Å²) in [6, 6.07) is 2.60. The molecule has 0 amide bonds. The SMILES string of the molecule is NC1CC(Nc2cnccc2Cl)C1. The van der Waals surface area contributed by atoms with Crippen LogP contribution in [0.1, 0.15) is 12.8 Å². The zero-order chi connectivity index (χ0) is 9.26. The van der Waals surface area contributed by atoms with Gasteiger partial charge in [0.2, 0.25) is 0 Å². The number of pyridine rings is 1. The number of nitrogens with zero attached hydrogens (tertiary/aromatic N) is 1. The van der Waals surface area contributed by atoms with Crippen LogP contribution >= 0.6 is 11.6 Å². The molecule has 0 atom stereocenters. The van der Waals surface area contributed by atoms with Crippen molar-refractivity contribution in [2.24, 2.45) is 5.73 Å². The number of hydrogen-bond acceptors (Lipinski definition) is 3. The number of nitrogens with two attached hydrogens (primary N) is 1. The summed E-state index contributed by atoms with van der Waals surface area (Å²) in [6.07, 6.45) is 5.46. The van der Waals surface area contributed by atoms with E-state index in [1.807, 2.05) is 0 Å². The summed E-state index contributed by atoms with van der Waals surface area (Å²) >= 11 is 5.95. The van der Waals surface area contributed by atoms with Crippen molar-refractivity contribution in [2.45, 2.75) is 24.9 Å². The molecule has 0 saturated heterocycles. The summed E-state index contributed by atoms with van der Waals surface area (Å²) in [4.78, 5) is 4.00. The standard InChI is InChI=1S/C9H12ClN3/c10-8-1-2-12-5-9(8)13-7-3-6(11)4-7/h1-2,5-7,13H,3-4,11H2. The topological polar surface area (TPSA) is 50.9 Å². The Bertz CT molecular complexity index is 297. The molecule has 4 heteroatoms. The van der Waals surface area contributed by atoms with Crippen LogP contribution in [0.5, 0.6) is 0 Å². The minimum Gasteiger partial charge on any atom is -0.380 e. The van der Waals surface area contributed by atoms with Crippen molar-refractivity contribution >= 4 is 17.3 Å². The monoisotopic (exact) mass is 197 g/mol. The summed E-state index contributed by atoms with van der Waals surface area (Å²) in [5.74, 6) is 0. The Hall–Kier alpha value is -0.800. The predicted octanol–water partition coefficient (Wildman–Crippen LogP) is 1.64. The van der Waals surface area contributed by atoms with E-state index in [0.717, 1.165) is 23.6 Å². The van der Waals surface area contributed by atoms with Crippen molar-refractivity contribution in [3.8, 4) is 0 Å². The number of hydrogen-bond donors (Lipinski definition) is 2. The average Bonchev–Trinajstić information content (AvgIpc) is 2.06. The van der Waals surface area contributed by atoms with Gasteiger partial charge in [-0.1, -0.05) is 11.6 Å². The Morgan fingerprint density at radius 2 is 2.31 bits per heavy atom. The van der Waals surface area contributed by atoms with Crippen LogP contribution in [0, 0.1) is 0 Å². The number of rotatable bonds is 2. The minimum atomic E-state index is 0.355. The summed E-state index contributed by atoms with van der Waals surface area (Å²) in [7, 11) is 0. The van der Waals surface area contributed by atoms with E-state index in [1.165, 1.54) is 0 Å². The maximum absolute atomic E-state index is 5.95. The van der Waals surface area contributed by atoms with Gasteiger partial charge in [0.15, 0.2) is 0 Å². The zero-order valence-corrected chi connectivity index (χ0v) is 7.96. The second kappa shape index (κ2) is 3.52. The van der Waals surface area contributed by atoms with Crippen molar-refractivity contribution in [2.75, 3.05) is 5.32 Å². The first-order chi connectivity index (χ1) is 6.25. The molecule has 1 aliphatic rings.